The zero-order chi connectivity index (χ0) is 28.4. The van der Waals surface area contributed by atoms with Crippen LogP contribution in [-0.2, 0) is 4.74 Å². The Kier molecular flexibility index (Phi) is 7.84. The molecule has 1 aliphatic rings. The Hall–Kier alpha value is -4.09. The van der Waals surface area contributed by atoms with Gasteiger partial charge in [-0.2, -0.15) is 5.10 Å². The number of nitrogens with one attached hydrogen (secondary N) is 1. The van der Waals surface area contributed by atoms with Crippen molar-refractivity contribution in [2.75, 3.05) is 18.4 Å². The number of hydrogen-bond acceptors (Lipinski definition) is 5. The number of halogens is 4. The van der Waals surface area contributed by atoms with Gasteiger partial charge in [-0.05, 0) is 76.1 Å². The number of piperidine rings is 1. The number of alkyl halides is 3. The van der Waals surface area contributed by atoms with Gasteiger partial charge in [0.15, 0.2) is 0 Å². The topological polar surface area (TPSA) is 85.7 Å². The summed E-state index contributed by atoms with van der Waals surface area (Å²) in [6, 6.07) is 10.5. The van der Waals surface area contributed by atoms with E-state index in [0.717, 1.165) is 12.1 Å². The van der Waals surface area contributed by atoms with Crippen molar-refractivity contribution < 1.29 is 36.6 Å². The highest BCUT2D eigenvalue weighted by molar-refractivity contribution is 6.05. The average molecular weight is 549 g/mol. The van der Waals surface area contributed by atoms with Gasteiger partial charge >= 0.3 is 12.5 Å². The first-order valence-electron chi connectivity index (χ1n) is 12.3. The molecule has 12 heteroatoms. The van der Waals surface area contributed by atoms with E-state index in [0.29, 0.717) is 37.3 Å². The second kappa shape index (κ2) is 11.0. The predicted octanol–water partition coefficient (Wildman–Crippen LogP) is 6.28. The summed E-state index contributed by atoms with van der Waals surface area (Å²) in [6.45, 7) is 6.14. The maximum atomic E-state index is 14.0. The summed E-state index contributed by atoms with van der Waals surface area (Å²) in [5.74, 6) is -1.62. The van der Waals surface area contributed by atoms with Crippen LogP contribution in [0.25, 0.3) is 5.69 Å². The number of rotatable bonds is 5. The molecular weight excluding hydrogens is 520 g/mol. The van der Waals surface area contributed by atoms with Crippen LogP contribution in [0.5, 0.6) is 5.75 Å². The van der Waals surface area contributed by atoms with Crippen molar-refractivity contribution in [2.45, 2.75) is 51.5 Å². The molecule has 8 nitrogen and oxygen atoms in total. The van der Waals surface area contributed by atoms with Crippen LogP contribution in [-0.4, -0.2) is 51.7 Å². The Bertz CT molecular complexity index is 1320. The molecule has 0 unspecified atom stereocenters. The third-order valence-electron chi connectivity index (χ3n) is 5.98. The lowest BCUT2D eigenvalue weighted by atomic mass is 9.90. The van der Waals surface area contributed by atoms with Crippen molar-refractivity contribution in [3.8, 4) is 11.4 Å². The number of nitrogens with zero attached hydrogens (tertiary/aromatic N) is 3. The van der Waals surface area contributed by atoms with Crippen LogP contribution in [0.4, 0.5) is 28.0 Å². The number of amides is 2. The SMILES string of the molecule is CC(C)(C)OC(=O)N1CCC(c2c(C(=O)Nc3ccc(OC(F)(F)F)cc3)cnn2-c2cccc(F)c2)CC1. The van der Waals surface area contributed by atoms with Crippen LogP contribution < -0.4 is 10.1 Å². The lowest BCUT2D eigenvalue weighted by Gasteiger charge is -2.34. The highest BCUT2D eigenvalue weighted by Crippen LogP contribution is 2.33. The van der Waals surface area contributed by atoms with Crippen LogP contribution in [0.1, 0.15) is 55.6 Å². The maximum Gasteiger partial charge on any atom is 0.573 e. The summed E-state index contributed by atoms with van der Waals surface area (Å²) >= 11 is 0. The molecule has 1 N–H and O–H groups in total. The van der Waals surface area contributed by atoms with E-state index in [1.165, 1.54) is 41.2 Å². The summed E-state index contributed by atoms with van der Waals surface area (Å²) in [7, 11) is 0. The molecule has 1 saturated heterocycles. The molecule has 1 aromatic heterocycles. The summed E-state index contributed by atoms with van der Waals surface area (Å²) in [5.41, 5.74) is 0.808. The van der Waals surface area contributed by atoms with Crippen molar-refractivity contribution >= 4 is 17.7 Å². The number of anilines is 1. The summed E-state index contributed by atoms with van der Waals surface area (Å²) in [4.78, 5) is 27.4. The fraction of sp³-hybridized carbons (Fsp3) is 0.370. The Labute approximate surface area is 222 Å². The molecule has 2 aromatic carbocycles. The molecule has 0 saturated carbocycles. The lowest BCUT2D eigenvalue weighted by molar-refractivity contribution is -0.274. The first kappa shape index (κ1) is 27.9. The number of benzene rings is 2. The summed E-state index contributed by atoms with van der Waals surface area (Å²) in [5, 5.41) is 7.03. The third kappa shape index (κ3) is 7.27. The van der Waals surface area contributed by atoms with E-state index in [1.54, 1.807) is 31.7 Å². The second-order valence-electron chi connectivity index (χ2n) is 10.1. The standard InChI is InChI=1S/C27H28F4N4O4/c1-26(2,3)39-25(37)34-13-11-17(12-14-34)23-22(16-32-35(23)20-6-4-5-18(28)15-20)24(36)33-19-7-9-21(10-8-19)38-27(29,30)31/h4-10,15-17H,11-14H2,1-3H3,(H,33,36). The predicted molar refractivity (Wildman–Crippen MR) is 134 cm³/mol. The fourth-order valence-corrected chi connectivity index (χ4v) is 4.34. The number of ether oxygens (including phenoxy) is 2. The van der Waals surface area contributed by atoms with Crippen molar-refractivity contribution in [1.82, 2.24) is 14.7 Å². The Morgan fingerprint density at radius 2 is 1.69 bits per heavy atom. The molecule has 0 bridgehead atoms. The molecule has 3 aromatic rings. The van der Waals surface area contributed by atoms with Crippen LogP contribution in [0.15, 0.2) is 54.7 Å². The van der Waals surface area contributed by atoms with Gasteiger partial charge in [-0.25, -0.2) is 13.9 Å². The van der Waals surface area contributed by atoms with Crippen LogP contribution in [0.3, 0.4) is 0 Å². The van der Waals surface area contributed by atoms with Gasteiger partial charge in [0.1, 0.15) is 17.2 Å². The number of likely N-dealkylation sites (tertiary alicyclic amines) is 1. The Morgan fingerprint density at radius 1 is 1.03 bits per heavy atom. The zero-order valence-electron chi connectivity index (χ0n) is 21.6. The fourth-order valence-electron chi connectivity index (χ4n) is 4.34. The van der Waals surface area contributed by atoms with E-state index in [-0.39, 0.29) is 17.2 Å². The van der Waals surface area contributed by atoms with Gasteiger partial charge in [-0.3, -0.25) is 4.79 Å². The van der Waals surface area contributed by atoms with Crippen molar-refractivity contribution in [1.29, 1.82) is 0 Å². The number of carbonyl (C=O) groups is 2. The smallest absolute Gasteiger partial charge is 0.444 e. The number of carbonyl (C=O) groups excluding carboxylic acids is 2. The molecule has 4 rings (SSSR count). The number of hydrogen-bond donors (Lipinski definition) is 1. The molecule has 2 amide bonds. The van der Waals surface area contributed by atoms with Crippen molar-refractivity contribution in [3.63, 3.8) is 0 Å². The van der Waals surface area contributed by atoms with E-state index >= 15 is 0 Å². The molecule has 39 heavy (non-hydrogen) atoms. The maximum absolute atomic E-state index is 14.0. The van der Waals surface area contributed by atoms with Gasteiger partial charge in [0.2, 0.25) is 0 Å². The summed E-state index contributed by atoms with van der Waals surface area (Å²) < 4.78 is 62.2. The quantitative estimate of drug-likeness (QED) is 0.380. The minimum absolute atomic E-state index is 0.197. The van der Waals surface area contributed by atoms with Gasteiger partial charge in [-0.15, -0.1) is 13.2 Å². The van der Waals surface area contributed by atoms with E-state index < -0.39 is 35.5 Å². The molecular formula is C27H28F4N4O4. The normalized spacial score (nSPS) is 14.7. The van der Waals surface area contributed by atoms with Crippen LogP contribution in [0, 0.1) is 5.82 Å². The molecule has 1 aliphatic heterocycles. The Morgan fingerprint density at radius 3 is 2.28 bits per heavy atom. The van der Waals surface area contributed by atoms with Gasteiger partial charge in [0, 0.05) is 24.7 Å². The molecule has 0 spiro atoms. The second-order valence-corrected chi connectivity index (χ2v) is 10.1. The highest BCUT2D eigenvalue weighted by Gasteiger charge is 2.33. The average Bonchev–Trinajstić information content (AvgIpc) is 3.29. The summed E-state index contributed by atoms with van der Waals surface area (Å²) in [6.07, 6.45) is -2.87. The molecule has 1 fully saturated rings. The zero-order valence-corrected chi connectivity index (χ0v) is 21.6. The first-order valence-corrected chi connectivity index (χ1v) is 12.3. The van der Waals surface area contributed by atoms with E-state index in [2.05, 4.69) is 15.2 Å². The van der Waals surface area contributed by atoms with E-state index in [4.69, 9.17) is 4.74 Å². The van der Waals surface area contributed by atoms with E-state index in [1.807, 2.05) is 0 Å². The van der Waals surface area contributed by atoms with Crippen LogP contribution >= 0.6 is 0 Å². The minimum atomic E-state index is -4.83. The van der Waals surface area contributed by atoms with Gasteiger partial charge in [-0.1, -0.05) is 6.07 Å². The monoisotopic (exact) mass is 548 g/mol. The molecule has 2 heterocycles. The van der Waals surface area contributed by atoms with Crippen molar-refractivity contribution in [2.24, 2.45) is 0 Å². The molecule has 208 valence electrons. The Balaban J connectivity index is 1.58. The number of aromatic nitrogens is 2. The van der Waals surface area contributed by atoms with Gasteiger partial charge in [0.05, 0.1) is 23.1 Å². The molecule has 0 atom stereocenters. The van der Waals surface area contributed by atoms with Gasteiger partial charge < -0.3 is 19.7 Å². The minimum Gasteiger partial charge on any atom is -0.444 e. The van der Waals surface area contributed by atoms with E-state index in [9.17, 15) is 27.2 Å². The molecule has 0 aliphatic carbocycles. The lowest BCUT2D eigenvalue weighted by Crippen LogP contribution is -2.41. The molecule has 0 radical (unpaired) electrons. The van der Waals surface area contributed by atoms with Gasteiger partial charge in [0.25, 0.3) is 5.91 Å². The van der Waals surface area contributed by atoms with Crippen LogP contribution in [0.2, 0.25) is 0 Å². The largest absolute Gasteiger partial charge is 0.573 e. The van der Waals surface area contributed by atoms with Crippen molar-refractivity contribution in [3.05, 3.63) is 71.8 Å². The first-order chi connectivity index (χ1) is 18.3. The third-order valence-corrected chi connectivity index (χ3v) is 5.98. The highest BCUT2D eigenvalue weighted by atomic mass is 19.4.